The Morgan fingerprint density at radius 1 is 1.09 bits per heavy atom. The van der Waals surface area contributed by atoms with Crippen molar-refractivity contribution in [3.63, 3.8) is 0 Å². The molecule has 2 aromatic carbocycles. The first kappa shape index (κ1) is 23.5. The number of alkyl halides is 3. The Balaban J connectivity index is 1.62. The van der Waals surface area contributed by atoms with E-state index in [0.29, 0.717) is 28.7 Å². The van der Waals surface area contributed by atoms with Crippen molar-refractivity contribution in [2.75, 3.05) is 22.2 Å². The van der Waals surface area contributed by atoms with Crippen molar-refractivity contribution in [3.8, 4) is 0 Å². The van der Waals surface area contributed by atoms with E-state index < -0.39 is 27.4 Å². The number of hydrogen-bond donors (Lipinski definition) is 3. The van der Waals surface area contributed by atoms with Crippen LogP contribution in [0.3, 0.4) is 0 Å². The van der Waals surface area contributed by atoms with Crippen LogP contribution in [-0.4, -0.2) is 30.5 Å². The molecular weight excluding hydrogens is 471 g/mol. The number of sulfone groups is 1. The topological polar surface area (TPSA) is 113 Å². The number of fused-ring (bicyclic) bond motifs is 1. The van der Waals surface area contributed by atoms with Gasteiger partial charge in [0.2, 0.25) is 11.9 Å². The van der Waals surface area contributed by atoms with Crippen LogP contribution in [0.15, 0.2) is 48.7 Å². The second kappa shape index (κ2) is 8.93. The summed E-state index contributed by atoms with van der Waals surface area (Å²) in [6.45, 7) is -0.0813. The zero-order valence-electron chi connectivity index (χ0n) is 17.9. The van der Waals surface area contributed by atoms with Crippen LogP contribution in [-0.2, 0) is 39.5 Å². The van der Waals surface area contributed by atoms with Gasteiger partial charge in [-0.15, -0.1) is 0 Å². The number of hydrogen-bond acceptors (Lipinski definition) is 7. The molecule has 34 heavy (non-hydrogen) atoms. The molecule has 0 unspecified atom stereocenters. The molecule has 0 saturated carbocycles. The van der Waals surface area contributed by atoms with Crippen molar-refractivity contribution in [1.82, 2.24) is 9.97 Å². The number of aromatic nitrogens is 2. The number of amides is 1. The van der Waals surface area contributed by atoms with Gasteiger partial charge in [-0.25, -0.2) is 13.4 Å². The van der Waals surface area contributed by atoms with Gasteiger partial charge in [-0.1, -0.05) is 36.4 Å². The zero-order chi connectivity index (χ0) is 24.5. The molecule has 0 aliphatic carbocycles. The fourth-order valence-corrected chi connectivity index (χ4v) is 4.44. The Morgan fingerprint density at radius 3 is 2.53 bits per heavy atom. The normalized spacial score (nSPS) is 13.4. The summed E-state index contributed by atoms with van der Waals surface area (Å²) in [6.07, 6.45) is -2.75. The van der Waals surface area contributed by atoms with Crippen molar-refractivity contribution in [1.29, 1.82) is 0 Å². The molecule has 1 aliphatic rings. The Hall–Kier alpha value is -3.67. The van der Waals surface area contributed by atoms with Crippen molar-refractivity contribution in [2.45, 2.75) is 24.9 Å². The van der Waals surface area contributed by atoms with Gasteiger partial charge in [0, 0.05) is 19.0 Å². The minimum absolute atomic E-state index is 0.0813. The van der Waals surface area contributed by atoms with Gasteiger partial charge in [-0.05, 0) is 22.8 Å². The van der Waals surface area contributed by atoms with Gasteiger partial charge < -0.3 is 16.0 Å². The average Bonchev–Trinajstić information content (AvgIpc) is 3.12. The van der Waals surface area contributed by atoms with Crippen LogP contribution < -0.4 is 16.0 Å². The quantitative estimate of drug-likeness (QED) is 0.460. The second-order valence-electron chi connectivity index (χ2n) is 7.84. The molecule has 3 aromatic rings. The molecule has 4 rings (SSSR count). The van der Waals surface area contributed by atoms with Crippen molar-refractivity contribution >= 4 is 38.9 Å². The molecule has 2 heterocycles. The molecule has 0 fully saturated rings. The summed E-state index contributed by atoms with van der Waals surface area (Å²) in [7, 11) is -3.34. The molecule has 0 bridgehead atoms. The molecular formula is C22H20F3N5O3S. The van der Waals surface area contributed by atoms with Crippen LogP contribution in [0.1, 0.15) is 22.3 Å². The largest absolute Gasteiger partial charge is 0.421 e. The zero-order valence-corrected chi connectivity index (χ0v) is 18.7. The van der Waals surface area contributed by atoms with Gasteiger partial charge in [-0.3, -0.25) is 4.79 Å². The number of nitrogens with one attached hydrogen (secondary N) is 3. The van der Waals surface area contributed by atoms with Crippen LogP contribution in [0.2, 0.25) is 0 Å². The first-order valence-electron chi connectivity index (χ1n) is 10.1. The highest BCUT2D eigenvalue weighted by molar-refractivity contribution is 7.89. The minimum Gasteiger partial charge on any atom is -0.365 e. The van der Waals surface area contributed by atoms with Crippen LogP contribution >= 0.6 is 0 Å². The number of anilines is 4. The Kier molecular flexibility index (Phi) is 6.17. The molecule has 1 amide bonds. The highest BCUT2D eigenvalue weighted by Crippen LogP contribution is 2.36. The maximum absolute atomic E-state index is 13.6. The SMILES string of the molecule is CS(=O)(=O)Cc1ccccc1CNc1nc(Nc2cccc3c2NC(=O)C3)ncc1C(F)(F)F. The fourth-order valence-electron chi connectivity index (χ4n) is 3.59. The van der Waals surface area contributed by atoms with E-state index in [1.165, 1.54) is 0 Å². The molecule has 3 N–H and O–H groups in total. The first-order valence-corrected chi connectivity index (χ1v) is 12.2. The highest BCUT2D eigenvalue weighted by atomic mass is 32.2. The third-order valence-electron chi connectivity index (χ3n) is 5.09. The van der Waals surface area contributed by atoms with E-state index in [-0.39, 0.29) is 30.6 Å². The Bertz CT molecular complexity index is 1360. The minimum atomic E-state index is -4.71. The van der Waals surface area contributed by atoms with E-state index in [1.807, 2.05) is 0 Å². The number of benzene rings is 2. The number of rotatable bonds is 7. The molecule has 12 heteroatoms. The van der Waals surface area contributed by atoms with E-state index in [4.69, 9.17) is 0 Å². The molecule has 1 aliphatic heterocycles. The molecule has 0 atom stereocenters. The standard InChI is InChI=1S/C22H20F3N5O3S/c1-34(32,33)12-15-6-3-2-5-14(15)10-26-20-16(22(23,24)25)11-27-21(30-20)28-17-8-4-7-13-9-18(31)29-19(13)17/h2-8,11H,9-10,12H2,1H3,(H,29,31)(H2,26,27,28,30). The van der Waals surface area contributed by atoms with Gasteiger partial charge in [0.25, 0.3) is 0 Å². The summed E-state index contributed by atoms with van der Waals surface area (Å²) in [5.74, 6) is -0.990. The highest BCUT2D eigenvalue weighted by Gasteiger charge is 2.35. The van der Waals surface area contributed by atoms with Crippen molar-refractivity contribution in [3.05, 3.63) is 70.9 Å². The third-order valence-corrected chi connectivity index (χ3v) is 5.92. The summed E-state index contributed by atoms with van der Waals surface area (Å²) < 4.78 is 64.2. The Morgan fingerprint density at radius 2 is 1.82 bits per heavy atom. The lowest BCUT2D eigenvalue weighted by molar-refractivity contribution is -0.137. The Labute approximate surface area is 193 Å². The summed E-state index contributed by atoms with van der Waals surface area (Å²) in [5, 5.41) is 8.24. The van der Waals surface area contributed by atoms with Gasteiger partial charge in [0.05, 0.1) is 23.5 Å². The molecule has 8 nitrogen and oxygen atoms in total. The van der Waals surface area contributed by atoms with Gasteiger partial charge in [0.1, 0.15) is 11.4 Å². The van der Waals surface area contributed by atoms with Gasteiger partial charge >= 0.3 is 6.18 Å². The number of halogens is 3. The number of para-hydroxylation sites is 1. The fraction of sp³-hybridized carbons (Fsp3) is 0.227. The number of carbonyl (C=O) groups is 1. The molecule has 0 radical (unpaired) electrons. The summed E-state index contributed by atoms with van der Waals surface area (Å²) in [6, 6.07) is 11.7. The van der Waals surface area contributed by atoms with Crippen molar-refractivity contribution < 1.29 is 26.4 Å². The van der Waals surface area contributed by atoms with Gasteiger partial charge in [0.15, 0.2) is 9.84 Å². The molecule has 178 valence electrons. The summed E-state index contributed by atoms with van der Waals surface area (Å²) >= 11 is 0. The van der Waals surface area contributed by atoms with E-state index in [0.717, 1.165) is 11.8 Å². The van der Waals surface area contributed by atoms with Crippen LogP contribution in [0.25, 0.3) is 0 Å². The maximum atomic E-state index is 13.6. The van der Waals surface area contributed by atoms with E-state index in [1.54, 1.807) is 42.5 Å². The molecule has 1 aromatic heterocycles. The van der Waals surface area contributed by atoms with E-state index >= 15 is 0 Å². The monoisotopic (exact) mass is 491 g/mol. The first-order chi connectivity index (χ1) is 16.0. The predicted octanol–water partition coefficient (Wildman–Crippen LogP) is 3.89. The van der Waals surface area contributed by atoms with Crippen LogP contribution in [0.5, 0.6) is 0 Å². The predicted molar refractivity (Wildman–Crippen MR) is 121 cm³/mol. The van der Waals surface area contributed by atoms with Gasteiger partial charge in [-0.2, -0.15) is 18.2 Å². The third kappa shape index (κ3) is 5.45. The molecule has 0 spiro atoms. The smallest absolute Gasteiger partial charge is 0.365 e. The average molecular weight is 491 g/mol. The maximum Gasteiger partial charge on any atom is 0.421 e. The second-order valence-corrected chi connectivity index (χ2v) is 9.98. The number of carbonyl (C=O) groups excluding carboxylic acids is 1. The number of nitrogens with zero attached hydrogens (tertiary/aromatic N) is 2. The summed E-state index contributed by atoms with van der Waals surface area (Å²) in [5.41, 5.74) is 1.67. The summed E-state index contributed by atoms with van der Waals surface area (Å²) in [4.78, 5) is 19.5. The lowest BCUT2D eigenvalue weighted by Gasteiger charge is -2.16. The van der Waals surface area contributed by atoms with E-state index in [9.17, 15) is 26.4 Å². The van der Waals surface area contributed by atoms with E-state index in [2.05, 4.69) is 25.9 Å². The lowest BCUT2D eigenvalue weighted by Crippen LogP contribution is -2.15. The van der Waals surface area contributed by atoms with Crippen LogP contribution in [0, 0.1) is 0 Å². The lowest BCUT2D eigenvalue weighted by atomic mass is 10.1. The molecule has 0 saturated heterocycles. The van der Waals surface area contributed by atoms with Crippen molar-refractivity contribution in [2.24, 2.45) is 0 Å². The van der Waals surface area contributed by atoms with Crippen LogP contribution in [0.4, 0.5) is 36.3 Å².